The molecule has 0 spiro atoms. The van der Waals surface area contributed by atoms with Crippen LogP contribution in [0.5, 0.6) is 5.75 Å². The largest absolute Gasteiger partial charge is 0.490 e. The first-order valence-electron chi connectivity index (χ1n) is 5.94. The molecule has 0 radical (unpaired) electrons. The van der Waals surface area contributed by atoms with Crippen molar-refractivity contribution >= 4 is 21.5 Å². The Hall–Kier alpha value is -1.57. The number of methoxy groups -OCH3 is 1. The lowest BCUT2D eigenvalue weighted by molar-refractivity contribution is 0.414. The van der Waals surface area contributed by atoms with Crippen LogP contribution in [0.3, 0.4) is 0 Å². The number of aromatic nitrogens is 2. The molecular weight excluding hydrogens is 268 g/mol. The van der Waals surface area contributed by atoms with Crippen molar-refractivity contribution in [1.82, 2.24) is 9.97 Å². The molecule has 19 heavy (non-hydrogen) atoms. The standard InChI is InChI=1S/C11H20N4O3S/c1-5-12-10-9(18-3)11(14-7-13-10)15-8(2)6-19(4,16)17/h7-8H,5-6H2,1-4H3,(H2,12,13,14,15). The highest BCUT2D eigenvalue weighted by Gasteiger charge is 2.16. The summed E-state index contributed by atoms with van der Waals surface area (Å²) in [4.78, 5) is 8.16. The van der Waals surface area contributed by atoms with Gasteiger partial charge < -0.3 is 15.4 Å². The smallest absolute Gasteiger partial charge is 0.204 e. The van der Waals surface area contributed by atoms with Gasteiger partial charge >= 0.3 is 0 Å². The molecule has 0 saturated carbocycles. The normalized spacial score (nSPS) is 12.8. The van der Waals surface area contributed by atoms with Gasteiger partial charge in [-0.25, -0.2) is 18.4 Å². The van der Waals surface area contributed by atoms with Crippen molar-refractivity contribution in [3.63, 3.8) is 0 Å². The lowest BCUT2D eigenvalue weighted by atomic mass is 10.3. The summed E-state index contributed by atoms with van der Waals surface area (Å²) in [7, 11) is -1.53. The molecule has 1 aromatic heterocycles. The number of hydrogen-bond donors (Lipinski definition) is 2. The van der Waals surface area contributed by atoms with Crippen LogP contribution in [0.15, 0.2) is 6.33 Å². The van der Waals surface area contributed by atoms with Crippen molar-refractivity contribution in [3.05, 3.63) is 6.33 Å². The third kappa shape index (κ3) is 4.90. The van der Waals surface area contributed by atoms with Crippen LogP contribution in [0.25, 0.3) is 0 Å². The molecule has 0 aliphatic rings. The predicted octanol–water partition coefficient (Wildman–Crippen LogP) is 0.762. The number of hydrogen-bond acceptors (Lipinski definition) is 7. The Bertz CT molecular complexity index is 519. The van der Waals surface area contributed by atoms with Gasteiger partial charge in [0.25, 0.3) is 0 Å². The van der Waals surface area contributed by atoms with Crippen LogP contribution in [-0.4, -0.2) is 50.1 Å². The average Bonchev–Trinajstić information content (AvgIpc) is 2.27. The Morgan fingerprint density at radius 2 is 2.00 bits per heavy atom. The van der Waals surface area contributed by atoms with Gasteiger partial charge in [0.1, 0.15) is 16.2 Å². The Morgan fingerprint density at radius 3 is 2.53 bits per heavy atom. The van der Waals surface area contributed by atoms with E-state index in [0.29, 0.717) is 23.9 Å². The second-order valence-corrected chi connectivity index (χ2v) is 6.46. The minimum Gasteiger partial charge on any atom is -0.490 e. The maximum atomic E-state index is 11.2. The van der Waals surface area contributed by atoms with Crippen LogP contribution in [0.1, 0.15) is 13.8 Å². The molecule has 1 heterocycles. The van der Waals surface area contributed by atoms with Gasteiger partial charge in [-0.2, -0.15) is 0 Å². The van der Waals surface area contributed by atoms with Crippen LogP contribution in [0.4, 0.5) is 11.6 Å². The van der Waals surface area contributed by atoms with Crippen molar-refractivity contribution < 1.29 is 13.2 Å². The molecule has 1 rings (SSSR count). The van der Waals surface area contributed by atoms with E-state index in [-0.39, 0.29) is 11.8 Å². The van der Waals surface area contributed by atoms with E-state index in [1.165, 1.54) is 19.7 Å². The number of rotatable bonds is 7. The highest BCUT2D eigenvalue weighted by Crippen LogP contribution is 2.29. The summed E-state index contributed by atoms with van der Waals surface area (Å²) < 4.78 is 27.7. The molecule has 0 fully saturated rings. The molecule has 0 amide bonds. The quantitative estimate of drug-likeness (QED) is 0.765. The second kappa shape index (κ2) is 6.55. The lowest BCUT2D eigenvalue weighted by Crippen LogP contribution is -2.26. The number of nitrogens with zero attached hydrogens (tertiary/aromatic N) is 2. The van der Waals surface area contributed by atoms with Gasteiger partial charge in [0, 0.05) is 18.8 Å². The molecular formula is C11H20N4O3S. The Kier molecular flexibility index (Phi) is 5.34. The van der Waals surface area contributed by atoms with E-state index in [1.807, 2.05) is 6.92 Å². The monoisotopic (exact) mass is 288 g/mol. The summed E-state index contributed by atoms with van der Waals surface area (Å²) in [6.07, 6.45) is 2.60. The SMILES string of the molecule is CCNc1ncnc(NC(C)CS(C)(=O)=O)c1OC. The zero-order valence-electron chi connectivity index (χ0n) is 11.6. The fourth-order valence-corrected chi connectivity index (χ4v) is 2.68. The van der Waals surface area contributed by atoms with Gasteiger partial charge in [0.15, 0.2) is 11.6 Å². The number of sulfone groups is 1. The van der Waals surface area contributed by atoms with Crippen LogP contribution >= 0.6 is 0 Å². The Morgan fingerprint density at radius 1 is 1.37 bits per heavy atom. The number of nitrogens with one attached hydrogen (secondary N) is 2. The van der Waals surface area contributed by atoms with Crippen molar-refractivity contribution in [2.75, 3.05) is 36.3 Å². The summed E-state index contributed by atoms with van der Waals surface area (Å²) in [5.74, 6) is 1.56. The molecule has 0 saturated heterocycles. The fraction of sp³-hybridized carbons (Fsp3) is 0.636. The minimum absolute atomic E-state index is 0.0245. The molecule has 108 valence electrons. The molecule has 0 aromatic carbocycles. The summed E-state index contributed by atoms with van der Waals surface area (Å²) in [6.45, 7) is 4.42. The summed E-state index contributed by atoms with van der Waals surface area (Å²) in [6, 6.07) is -0.270. The third-order valence-corrected chi connectivity index (χ3v) is 3.39. The van der Waals surface area contributed by atoms with Gasteiger partial charge in [-0.3, -0.25) is 0 Å². The van der Waals surface area contributed by atoms with E-state index in [0.717, 1.165) is 0 Å². The van der Waals surface area contributed by atoms with Gasteiger partial charge in [0.05, 0.1) is 12.9 Å². The summed E-state index contributed by atoms with van der Waals surface area (Å²) in [5, 5.41) is 6.08. The molecule has 7 nitrogen and oxygen atoms in total. The maximum absolute atomic E-state index is 11.2. The van der Waals surface area contributed by atoms with Crippen LogP contribution in [0.2, 0.25) is 0 Å². The van der Waals surface area contributed by atoms with Crippen molar-refractivity contribution in [1.29, 1.82) is 0 Å². The van der Waals surface area contributed by atoms with E-state index in [9.17, 15) is 8.42 Å². The topological polar surface area (TPSA) is 93.2 Å². The van der Waals surface area contributed by atoms with Crippen molar-refractivity contribution in [2.24, 2.45) is 0 Å². The number of ether oxygens (including phenoxy) is 1. The van der Waals surface area contributed by atoms with Gasteiger partial charge in [0.2, 0.25) is 5.75 Å². The third-order valence-electron chi connectivity index (χ3n) is 2.29. The Labute approximate surface area is 113 Å². The van der Waals surface area contributed by atoms with E-state index in [2.05, 4.69) is 20.6 Å². The average molecular weight is 288 g/mol. The minimum atomic E-state index is -3.05. The predicted molar refractivity (Wildman–Crippen MR) is 75.5 cm³/mol. The molecule has 1 unspecified atom stereocenters. The van der Waals surface area contributed by atoms with Gasteiger partial charge in [-0.15, -0.1) is 0 Å². The van der Waals surface area contributed by atoms with Gasteiger partial charge in [-0.1, -0.05) is 0 Å². The van der Waals surface area contributed by atoms with Crippen molar-refractivity contribution in [3.8, 4) is 5.75 Å². The summed E-state index contributed by atoms with van der Waals surface area (Å²) >= 11 is 0. The Balaban J connectivity index is 2.91. The zero-order chi connectivity index (χ0) is 14.5. The first kappa shape index (κ1) is 15.5. The number of anilines is 2. The highest BCUT2D eigenvalue weighted by molar-refractivity contribution is 7.90. The van der Waals surface area contributed by atoms with Crippen molar-refractivity contribution in [2.45, 2.75) is 19.9 Å². The molecule has 0 bridgehead atoms. The van der Waals surface area contributed by atoms with E-state index >= 15 is 0 Å². The first-order chi connectivity index (χ1) is 8.87. The molecule has 1 atom stereocenters. The molecule has 0 aliphatic heterocycles. The summed E-state index contributed by atoms with van der Waals surface area (Å²) in [5.41, 5.74) is 0. The fourth-order valence-electron chi connectivity index (χ4n) is 1.69. The van der Waals surface area contributed by atoms with E-state index in [1.54, 1.807) is 6.92 Å². The molecule has 8 heteroatoms. The second-order valence-electron chi connectivity index (χ2n) is 4.27. The maximum Gasteiger partial charge on any atom is 0.204 e. The highest BCUT2D eigenvalue weighted by atomic mass is 32.2. The molecule has 2 N–H and O–H groups in total. The van der Waals surface area contributed by atoms with Crippen LogP contribution < -0.4 is 15.4 Å². The van der Waals surface area contributed by atoms with Crippen LogP contribution in [-0.2, 0) is 9.84 Å². The lowest BCUT2D eigenvalue weighted by Gasteiger charge is -2.17. The van der Waals surface area contributed by atoms with Crippen LogP contribution in [0, 0.1) is 0 Å². The first-order valence-corrected chi connectivity index (χ1v) is 8.00. The van der Waals surface area contributed by atoms with E-state index in [4.69, 9.17) is 4.74 Å². The molecule has 1 aromatic rings. The molecule has 0 aliphatic carbocycles. The zero-order valence-corrected chi connectivity index (χ0v) is 12.4. The van der Waals surface area contributed by atoms with E-state index < -0.39 is 9.84 Å². The van der Waals surface area contributed by atoms with Gasteiger partial charge in [-0.05, 0) is 13.8 Å².